The maximum atomic E-state index is 8.41. The van der Waals surface area contributed by atoms with Crippen molar-refractivity contribution in [3.8, 4) is 11.5 Å². The van der Waals surface area contributed by atoms with E-state index in [2.05, 4.69) is 31.1 Å². The summed E-state index contributed by atoms with van der Waals surface area (Å²) in [6, 6.07) is 0. The van der Waals surface area contributed by atoms with Crippen LogP contribution in [0.5, 0.6) is 0 Å². The van der Waals surface area contributed by atoms with Gasteiger partial charge in [0.25, 0.3) is 0 Å². The van der Waals surface area contributed by atoms with Gasteiger partial charge in [0.05, 0.1) is 13.2 Å². The van der Waals surface area contributed by atoms with Crippen molar-refractivity contribution in [3.63, 3.8) is 0 Å². The van der Waals surface area contributed by atoms with Crippen LogP contribution in [0, 0.1) is 11.5 Å². The molecule has 0 saturated carbocycles. The van der Waals surface area contributed by atoms with Crippen molar-refractivity contribution in [3.05, 3.63) is 12.2 Å². The van der Waals surface area contributed by atoms with Gasteiger partial charge in [0.1, 0.15) is 14.7 Å². The Kier molecular flexibility index (Phi) is 6.60. The van der Waals surface area contributed by atoms with E-state index in [9.17, 15) is 0 Å². The highest BCUT2D eigenvalue weighted by Crippen LogP contribution is 1.95. The average Bonchev–Trinajstić information content (AvgIpc) is 2.01. The van der Waals surface area contributed by atoms with Crippen molar-refractivity contribution in [1.82, 2.24) is 0 Å². The SMILES string of the molecule is C[Si](C)(C)C#CCOC/C=C\CO. The molecule has 0 amide bonds. The summed E-state index contributed by atoms with van der Waals surface area (Å²) in [4.78, 5) is 0. The van der Waals surface area contributed by atoms with Crippen LogP contribution < -0.4 is 0 Å². The zero-order chi connectivity index (χ0) is 10.2. The summed E-state index contributed by atoms with van der Waals surface area (Å²) < 4.78 is 5.18. The average molecular weight is 198 g/mol. The first-order valence-corrected chi connectivity index (χ1v) is 7.90. The van der Waals surface area contributed by atoms with E-state index in [0.717, 1.165) is 0 Å². The van der Waals surface area contributed by atoms with Gasteiger partial charge >= 0.3 is 0 Å². The third kappa shape index (κ3) is 11.4. The number of rotatable bonds is 4. The lowest BCUT2D eigenvalue weighted by Crippen LogP contribution is -2.16. The first kappa shape index (κ1) is 12.4. The van der Waals surface area contributed by atoms with Gasteiger partial charge in [-0.25, -0.2) is 0 Å². The summed E-state index contributed by atoms with van der Waals surface area (Å²) in [6.07, 6.45) is 3.45. The van der Waals surface area contributed by atoms with E-state index in [0.29, 0.717) is 13.2 Å². The summed E-state index contributed by atoms with van der Waals surface area (Å²) in [6.45, 7) is 7.69. The molecule has 1 N–H and O–H groups in total. The summed E-state index contributed by atoms with van der Waals surface area (Å²) >= 11 is 0. The molecule has 0 saturated heterocycles. The summed E-state index contributed by atoms with van der Waals surface area (Å²) in [5, 5.41) is 8.41. The summed E-state index contributed by atoms with van der Waals surface area (Å²) in [7, 11) is -1.23. The fourth-order valence-electron chi connectivity index (χ4n) is 0.622. The topological polar surface area (TPSA) is 29.5 Å². The number of hydrogen-bond acceptors (Lipinski definition) is 2. The summed E-state index contributed by atoms with van der Waals surface area (Å²) in [5.74, 6) is 3.00. The van der Waals surface area contributed by atoms with Crippen LogP contribution in [-0.4, -0.2) is 33.0 Å². The lowest BCUT2D eigenvalue weighted by Gasteiger charge is -2.03. The molecule has 0 aliphatic heterocycles. The molecular weight excluding hydrogens is 180 g/mol. The van der Waals surface area contributed by atoms with E-state index in [1.54, 1.807) is 12.2 Å². The quantitative estimate of drug-likeness (QED) is 0.320. The molecule has 0 atom stereocenters. The van der Waals surface area contributed by atoms with Crippen molar-refractivity contribution in [2.75, 3.05) is 19.8 Å². The van der Waals surface area contributed by atoms with Crippen LogP contribution in [0.2, 0.25) is 19.6 Å². The Bertz CT molecular complexity index is 205. The highest BCUT2D eigenvalue weighted by Gasteiger charge is 2.06. The number of aliphatic hydroxyl groups is 1. The molecule has 3 heteroatoms. The fourth-order valence-corrected chi connectivity index (χ4v) is 1.22. The second-order valence-corrected chi connectivity index (χ2v) is 8.47. The van der Waals surface area contributed by atoms with Gasteiger partial charge in [0.15, 0.2) is 0 Å². The van der Waals surface area contributed by atoms with Gasteiger partial charge in [0, 0.05) is 0 Å². The molecule has 0 aromatic carbocycles. The van der Waals surface area contributed by atoms with Crippen LogP contribution in [0.4, 0.5) is 0 Å². The molecule has 74 valence electrons. The molecule has 0 aliphatic carbocycles. The third-order valence-electron chi connectivity index (χ3n) is 1.12. The van der Waals surface area contributed by atoms with Gasteiger partial charge in [-0.1, -0.05) is 37.7 Å². The molecular formula is C10H18O2Si. The Morgan fingerprint density at radius 2 is 2.00 bits per heavy atom. The molecule has 0 bridgehead atoms. The molecule has 0 radical (unpaired) electrons. The maximum Gasteiger partial charge on any atom is 0.129 e. The normalized spacial score (nSPS) is 11.4. The van der Waals surface area contributed by atoms with Gasteiger partial charge in [-0.3, -0.25) is 0 Å². The van der Waals surface area contributed by atoms with E-state index >= 15 is 0 Å². The predicted octanol–water partition coefficient (Wildman–Crippen LogP) is 1.43. The molecule has 0 heterocycles. The van der Waals surface area contributed by atoms with Crippen molar-refractivity contribution in [2.24, 2.45) is 0 Å². The minimum atomic E-state index is -1.23. The molecule has 0 unspecified atom stereocenters. The fraction of sp³-hybridized carbons (Fsp3) is 0.600. The largest absolute Gasteiger partial charge is 0.392 e. The van der Waals surface area contributed by atoms with E-state index in [1.807, 2.05) is 0 Å². The van der Waals surface area contributed by atoms with Crippen LogP contribution >= 0.6 is 0 Å². The minimum absolute atomic E-state index is 0.0734. The van der Waals surface area contributed by atoms with E-state index < -0.39 is 8.07 Å². The van der Waals surface area contributed by atoms with Crippen molar-refractivity contribution >= 4 is 8.07 Å². The van der Waals surface area contributed by atoms with Gasteiger partial charge in [-0.2, -0.15) is 0 Å². The Morgan fingerprint density at radius 3 is 2.54 bits per heavy atom. The molecule has 2 nitrogen and oxygen atoms in total. The summed E-state index contributed by atoms with van der Waals surface area (Å²) in [5.41, 5.74) is 3.20. The second kappa shape index (κ2) is 6.90. The lowest BCUT2D eigenvalue weighted by atomic mass is 10.5. The molecule has 0 spiro atoms. The smallest absolute Gasteiger partial charge is 0.129 e. The molecule has 0 aromatic heterocycles. The predicted molar refractivity (Wildman–Crippen MR) is 58.2 cm³/mol. The Hall–Kier alpha value is -0.563. The van der Waals surface area contributed by atoms with Gasteiger partial charge in [-0.15, -0.1) is 5.54 Å². The highest BCUT2D eigenvalue weighted by atomic mass is 28.3. The van der Waals surface area contributed by atoms with E-state index in [-0.39, 0.29) is 6.61 Å². The Labute approximate surface area is 81.6 Å². The second-order valence-electron chi connectivity index (χ2n) is 3.72. The van der Waals surface area contributed by atoms with Gasteiger partial charge in [0.2, 0.25) is 0 Å². The Balaban J connectivity index is 3.44. The van der Waals surface area contributed by atoms with Crippen LogP contribution in [0.15, 0.2) is 12.2 Å². The standard InChI is InChI=1S/C10H18O2Si/c1-13(2,3)10-6-9-12-8-5-4-7-11/h4-5,11H,7-9H2,1-3H3/b5-4-. The van der Waals surface area contributed by atoms with Crippen LogP contribution in [0.25, 0.3) is 0 Å². The molecule has 0 aliphatic rings. The zero-order valence-corrected chi connectivity index (χ0v) is 9.63. The van der Waals surface area contributed by atoms with Crippen molar-refractivity contribution in [2.45, 2.75) is 19.6 Å². The molecule has 0 fully saturated rings. The van der Waals surface area contributed by atoms with E-state index in [4.69, 9.17) is 9.84 Å². The third-order valence-corrected chi connectivity index (χ3v) is 2.05. The lowest BCUT2D eigenvalue weighted by molar-refractivity contribution is 0.198. The molecule has 0 aromatic rings. The van der Waals surface area contributed by atoms with Crippen molar-refractivity contribution in [1.29, 1.82) is 0 Å². The van der Waals surface area contributed by atoms with Crippen LogP contribution in [0.3, 0.4) is 0 Å². The monoisotopic (exact) mass is 198 g/mol. The Morgan fingerprint density at radius 1 is 1.31 bits per heavy atom. The minimum Gasteiger partial charge on any atom is -0.392 e. The number of hydrogen-bond donors (Lipinski definition) is 1. The first-order valence-electron chi connectivity index (χ1n) is 4.40. The first-order chi connectivity index (χ1) is 6.06. The van der Waals surface area contributed by atoms with Gasteiger partial charge in [-0.05, 0) is 0 Å². The number of ether oxygens (including phenoxy) is 1. The molecule has 13 heavy (non-hydrogen) atoms. The molecule has 0 rings (SSSR count). The van der Waals surface area contributed by atoms with Crippen LogP contribution in [0.1, 0.15) is 0 Å². The van der Waals surface area contributed by atoms with E-state index in [1.165, 1.54) is 0 Å². The van der Waals surface area contributed by atoms with Crippen molar-refractivity contribution < 1.29 is 9.84 Å². The number of aliphatic hydroxyl groups excluding tert-OH is 1. The maximum absolute atomic E-state index is 8.41. The zero-order valence-electron chi connectivity index (χ0n) is 8.63. The highest BCUT2D eigenvalue weighted by molar-refractivity contribution is 6.83. The van der Waals surface area contributed by atoms with Crippen LogP contribution in [-0.2, 0) is 4.74 Å². The van der Waals surface area contributed by atoms with Gasteiger partial charge < -0.3 is 9.84 Å².